The molecule has 0 saturated carbocycles. The van der Waals surface area contributed by atoms with Crippen LogP contribution in [0.3, 0.4) is 0 Å². The van der Waals surface area contributed by atoms with Gasteiger partial charge in [-0.15, -0.1) is 0 Å². The zero-order valence-electron chi connectivity index (χ0n) is 9.44. The number of aromatic nitrogens is 2. The molecule has 0 amide bonds. The minimum Gasteiger partial charge on any atom is -0.508 e. The Morgan fingerprint density at radius 2 is 1.71 bits per heavy atom. The Morgan fingerprint density at radius 3 is 2.47 bits per heavy atom. The summed E-state index contributed by atoms with van der Waals surface area (Å²) in [4.78, 5) is 0. The first-order valence-corrected chi connectivity index (χ1v) is 5.48. The third kappa shape index (κ3) is 1.65. The van der Waals surface area contributed by atoms with Gasteiger partial charge < -0.3 is 5.11 Å². The van der Waals surface area contributed by atoms with Crippen molar-refractivity contribution in [2.45, 2.75) is 6.92 Å². The number of aryl methyl sites for hydroxylation is 1. The van der Waals surface area contributed by atoms with E-state index in [4.69, 9.17) is 0 Å². The molecule has 3 aromatic rings. The molecular formula is C14H12N2O. The molecule has 2 aromatic carbocycles. The summed E-state index contributed by atoms with van der Waals surface area (Å²) in [6.45, 7) is 2.01. The fraction of sp³-hybridized carbons (Fsp3) is 0.0714. The minimum absolute atomic E-state index is 0.286. The Kier molecular flexibility index (Phi) is 2.11. The molecule has 3 rings (SSSR count). The topological polar surface area (TPSA) is 48.9 Å². The number of nitrogens with zero attached hydrogens (tertiary/aromatic N) is 1. The number of phenolic OH excluding ortho intramolecular Hbond substituents is 1. The van der Waals surface area contributed by atoms with Crippen LogP contribution in [0.25, 0.3) is 22.0 Å². The predicted octanol–water partition coefficient (Wildman–Crippen LogP) is 3.24. The van der Waals surface area contributed by atoms with Crippen molar-refractivity contribution in [3.8, 4) is 16.9 Å². The molecule has 0 atom stereocenters. The van der Waals surface area contributed by atoms with Crippen LogP contribution in [-0.4, -0.2) is 15.3 Å². The monoisotopic (exact) mass is 224 g/mol. The van der Waals surface area contributed by atoms with Gasteiger partial charge in [-0.1, -0.05) is 18.2 Å². The van der Waals surface area contributed by atoms with E-state index < -0.39 is 0 Å². The number of phenols is 1. The third-order valence-corrected chi connectivity index (χ3v) is 2.95. The molecule has 0 radical (unpaired) electrons. The molecule has 0 saturated heterocycles. The average Bonchev–Trinajstić information content (AvgIpc) is 2.72. The number of benzene rings is 2. The van der Waals surface area contributed by atoms with Gasteiger partial charge in [-0.3, -0.25) is 5.10 Å². The summed E-state index contributed by atoms with van der Waals surface area (Å²) < 4.78 is 0. The third-order valence-electron chi connectivity index (χ3n) is 2.95. The molecule has 0 bridgehead atoms. The lowest BCUT2D eigenvalue weighted by Crippen LogP contribution is -1.78. The van der Waals surface area contributed by atoms with Crippen LogP contribution in [0.1, 0.15) is 5.69 Å². The van der Waals surface area contributed by atoms with E-state index in [0.717, 1.165) is 27.7 Å². The van der Waals surface area contributed by atoms with Crippen LogP contribution in [0.5, 0.6) is 5.75 Å². The first-order chi connectivity index (χ1) is 8.24. The molecule has 3 heteroatoms. The van der Waals surface area contributed by atoms with E-state index in [0.29, 0.717) is 0 Å². The SMILES string of the molecule is Cc1[nH]nc2ccc(-c3ccc(O)cc3)cc12. The molecule has 0 aliphatic rings. The summed E-state index contributed by atoms with van der Waals surface area (Å²) >= 11 is 0. The Hall–Kier alpha value is -2.29. The van der Waals surface area contributed by atoms with Crippen molar-refractivity contribution in [2.75, 3.05) is 0 Å². The van der Waals surface area contributed by atoms with E-state index in [1.807, 2.05) is 31.2 Å². The van der Waals surface area contributed by atoms with Crippen molar-refractivity contribution in [2.24, 2.45) is 0 Å². The highest BCUT2D eigenvalue weighted by atomic mass is 16.3. The van der Waals surface area contributed by atoms with Crippen LogP contribution in [0.15, 0.2) is 42.5 Å². The highest BCUT2D eigenvalue weighted by molar-refractivity contribution is 5.86. The van der Waals surface area contributed by atoms with Gasteiger partial charge in [0.2, 0.25) is 0 Å². The van der Waals surface area contributed by atoms with Gasteiger partial charge in [0, 0.05) is 11.1 Å². The number of nitrogens with one attached hydrogen (secondary N) is 1. The molecule has 2 N–H and O–H groups in total. The highest BCUT2D eigenvalue weighted by Gasteiger charge is 2.04. The van der Waals surface area contributed by atoms with Crippen molar-refractivity contribution < 1.29 is 5.11 Å². The standard InChI is InChI=1S/C14H12N2O/c1-9-13-8-11(4-7-14(13)16-15-9)10-2-5-12(17)6-3-10/h2-8,17H,1H3,(H,15,16). The molecule has 3 nitrogen and oxygen atoms in total. The summed E-state index contributed by atoms with van der Waals surface area (Å²) in [6, 6.07) is 13.4. The molecule has 84 valence electrons. The minimum atomic E-state index is 0.286. The van der Waals surface area contributed by atoms with Gasteiger partial charge in [0.15, 0.2) is 0 Å². The molecule has 0 spiro atoms. The zero-order valence-corrected chi connectivity index (χ0v) is 9.44. The molecule has 0 aliphatic heterocycles. The zero-order chi connectivity index (χ0) is 11.8. The Morgan fingerprint density at radius 1 is 1.00 bits per heavy atom. The normalized spacial score (nSPS) is 10.9. The van der Waals surface area contributed by atoms with Gasteiger partial charge in [-0.2, -0.15) is 5.10 Å². The van der Waals surface area contributed by atoms with Crippen LogP contribution >= 0.6 is 0 Å². The van der Waals surface area contributed by atoms with Crippen LogP contribution in [0, 0.1) is 6.92 Å². The van der Waals surface area contributed by atoms with E-state index in [1.165, 1.54) is 0 Å². The smallest absolute Gasteiger partial charge is 0.115 e. The van der Waals surface area contributed by atoms with E-state index in [1.54, 1.807) is 12.1 Å². The lowest BCUT2D eigenvalue weighted by Gasteiger charge is -2.02. The van der Waals surface area contributed by atoms with Gasteiger partial charge >= 0.3 is 0 Å². The number of H-pyrrole nitrogens is 1. The number of hydrogen-bond donors (Lipinski definition) is 2. The van der Waals surface area contributed by atoms with E-state index in [2.05, 4.69) is 16.3 Å². The summed E-state index contributed by atoms with van der Waals surface area (Å²) in [7, 11) is 0. The molecular weight excluding hydrogens is 212 g/mol. The fourth-order valence-electron chi connectivity index (χ4n) is 1.97. The van der Waals surface area contributed by atoms with E-state index in [9.17, 15) is 5.11 Å². The number of hydrogen-bond acceptors (Lipinski definition) is 2. The van der Waals surface area contributed by atoms with Crippen molar-refractivity contribution in [1.29, 1.82) is 0 Å². The van der Waals surface area contributed by atoms with Crippen molar-refractivity contribution in [3.05, 3.63) is 48.2 Å². The Bertz CT molecular complexity index is 668. The van der Waals surface area contributed by atoms with E-state index >= 15 is 0 Å². The van der Waals surface area contributed by atoms with Crippen molar-refractivity contribution >= 4 is 10.9 Å². The second kappa shape index (κ2) is 3.63. The first kappa shape index (κ1) is 9.90. The Balaban J connectivity index is 2.17. The summed E-state index contributed by atoms with van der Waals surface area (Å²) in [5, 5.41) is 17.6. The number of fused-ring (bicyclic) bond motifs is 1. The molecule has 0 aliphatic carbocycles. The van der Waals surface area contributed by atoms with Crippen molar-refractivity contribution in [1.82, 2.24) is 10.2 Å². The second-order valence-corrected chi connectivity index (χ2v) is 4.13. The van der Waals surface area contributed by atoms with Gasteiger partial charge in [0.25, 0.3) is 0 Å². The van der Waals surface area contributed by atoms with Gasteiger partial charge in [-0.25, -0.2) is 0 Å². The number of aromatic amines is 1. The lowest BCUT2D eigenvalue weighted by atomic mass is 10.0. The maximum absolute atomic E-state index is 9.27. The number of rotatable bonds is 1. The van der Waals surface area contributed by atoms with E-state index in [-0.39, 0.29) is 5.75 Å². The van der Waals surface area contributed by atoms with Crippen molar-refractivity contribution in [3.63, 3.8) is 0 Å². The second-order valence-electron chi connectivity index (χ2n) is 4.13. The number of aromatic hydroxyl groups is 1. The largest absolute Gasteiger partial charge is 0.508 e. The summed E-state index contributed by atoms with van der Waals surface area (Å²) in [5.41, 5.74) is 4.26. The predicted molar refractivity (Wildman–Crippen MR) is 67.9 cm³/mol. The van der Waals surface area contributed by atoms with Crippen LogP contribution in [0.2, 0.25) is 0 Å². The maximum Gasteiger partial charge on any atom is 0.115 e. The van der Waals surface area contributed by atoms with Gasteiger partial charge in [0.05, 0.1) is 5.52 Å². The van der Waals surface area contributed by atoms with Gasteiger partial charge in [0.1, 0.15) is 5.75 Å². The maximum atomic E-state index is 9.27. The van der Waals surface area contributed by atoms with Gasteiger partial charge in [-0.05, 0) is 42.3 Å². The van der Waals surface area contributed by atoms with Crippen LogP contribution in [-0.2, 0) is 0 Å². The highest BCUT2D eigenvalue weighted by Crippen LogP contribution is 2.26. The summed E-state index contributed by atoms with van der Waals surface area (Å²) in [6.07, 6.45) is 0. The molecule has 17 heavy (non-hydrogen) atoms. The van der Waals surface area contributed by atoms with Crippen LogP contribution in [0.4, 0.5) is 0 Å². The quantitative estimate of drug-likeness (QED) is 0.666. The molecule has 1 aromatic heterocycles. The average molecular weight is 224 g/mol. The molecule has 0 unspecified atom stereocenters. The lowest BCUT2D eigenvalue weighted by molar-refractivity contribution is 0.475. The first-order valence-electron chi connectivity index (χ1n) is 5.48. The molecule has 0 fully saturated rings. The Labute approximate surface area is 98.7 Å². The molecule has 1 heterocycles. The summed E-state index contributed by atoms with van der Waals surface area (Å²) in [5.74, 6) is 0.286. The van der Waals surface area contributed by atoms with Crippen LogP contribution < -0.4 is 0 Å². The fourth-order valence-corrected chi connectivity index (χ4v) is 1.97.